The summed E-state index contributed by atoms with van der Waals surface area (Å²) in [5, 5.41) is 14.0. The number of amides is 2. The highest BCUT2D eigenvalue weighted by Gasteiger charge is 2.33. The number of carbonyl (C=O) groups excluding carboxylic acids is 2. The molecule has 9 heteroatoms. The van der Waals surface area contributed by atoms with Gasteiger partial charge in [0, 0.05) is 30.0 Å². The van der Waals surface area contributed by atoms with Gasteiger partial charge in [-0.15, -0.1) is 0 Å². The van der Waals surface area contributed by atoms with Crippen LogP contribution in [0.2, 0.25) is 0 Å². The van der Waals surface area contributed by atoms with E-state index in [0.717, 1.165) is 18.5 Å². The highest BCUT2D eigenvalue weighted by molar-refractivity contribution is 6.04. The number of hydrogen-bond donors (Lipinski definition) is 3. The van der Waals surface area contributed by atoms with Gasteiger partial charge in [-0.05, 0) is 37.0 Å². The molecule has 2 aromatic rings. The summed E-state index contributed by atoms with van der Waals surface area (Å²) >= 11 is 0. The van der Waals surface area contributed by atoms with Crippen molar-refractivity contribution in [3.8, 4) is 11.5 Å². The predicted molar refractivity (Wildman–Crippen MR) is 115 cm³/mol. The smallest absolute Gasteiger partial charge is 0.256 e. The number of methoxy groups -OCH3 is 2. The van der Waals surface area contributed by atoms with Crippen molar-refractivity contribution in [2.75, 3.05) is 19.5 Å². The van der Waals surface area contributed by atoms with Gasteiger partial charge < -0.3 is 20.1 Å². The standard InChI is InChI=1S/C22H29N5O4/c1-12(2)15-11-20(28)25-22(23-15)27-19(10-16(26-27)13-5-6-13)24-21(29)14-7-8-17(30-3)18(9-14)31-4/h7-10,12-13,15,22-23H,5-6,11H2,1-4H3,(H,24,29)(H,25,28). The molecule has 9 nitrogen and oxygen atoms in total. The SMILES string of the molecule is COc1ccc(C(=O)Nc2cc(C3CC3)nn2C2NC(=O)CC(C(C)C)N2)cc1OC. The maximum Gasteiger partial charge on any atom is 0.256 e. The van der Waals surface area contributed by atoms with Crippen molar-refractivity contribution in [1.82, 2.24) is 20.4 Å². The Balaban J connectivity index is 1.61. The van der Waals surface area contributed by atoms with Crippen molar-refractivity contribution < 1.29 is 19.1 Å². The molecule has 2 amide bonds. The molecule has 1 aromatic carbocycles. The van der Waals surface area contributed by atoms with E-state index in [2.05, 4.69) is 29.8 Å². The first-order valence-corrected chi connectivity index (χ1v) is 10.6. The van der Waals surface area contributed by atoms with Crippen LogP contribution in [0.3, 0.4) is 0 Å². The summed E-state index contributed by atoms with van der Waals surface area (Å²) in [6.07, 6.45) is 2.05. The van der Waals surface area contributed by atoms with E-state index in [1.165, 1.54) is 7.11 Å². The first-order chi connectivity index (χ1) is 14.9. The molecule has 0 radical (unpaired) electrons. The Morgan fingerprint density at radius 2 is 1.94 bits per heavy atom. The molecule has 4 rings (SSSR count). The fourth-order valence-corrected chi connectivity index (χ4v) is 3.72. The van der Waals surface area contributed by atoms with Crippen molar-refractivity contribution in [3.63, 3.8) is 0 Å². The minimum Gasteiger partial charge on any atom is -0.493 e. The lowest BCUT2D eigenvalue weighted by Crippen LogP contribution is -2.55. The second-order valence-electron chi connectivity index (χ2n) is 8.39. The van der Waals surface area contributed by atoms with Crippen LogP contribution in [0.4, 0.5) is 5.82 Å². The minimum atomic E-state index is -0.526. The van der Waals surface area contributed by atoms with E-state index >= 15 is 0 Å². The van der Waals surface area contributed by atoms with Gasteiger partial charge in [0.25, 0.3) is 5.91 Å². The molecule has 3 N–H and O–H groups in total. The topological polar surface area (TPSA) is 107 Å². The molecule has 2 atom stereocenters. The van der Waals surface area contributed by atoms with Gasteiger partial charge in [-0.2, -0.15) is 5.10 Å². The third-order valence-electron chi connectivity index (χ3n) is 5.76. The zero-order chi connectivity index (χ0) is 22.1. The van der Waals surface area contributed by atoms with Gasteiger partial charge in [-0.1, -0.05) is 13.8 Å². The van der Waals surface area contributed by atoms with Crippen LogP contribution in [0.25, 0.3) is 0 Å². The van der Waals surface area contributed by atoms with Crippen LogP contribution in [0, 0.1) is 5.92 Å². The quantitative estimate of drug-likeness (QED) is 0.627. The second kappa shape index (κ2) is 8.58. The number of carbonyl (C=O) groups is 2. The van der Waals surface area contributed by atoms with E-state index in [9.17, 15) is 9.59 Å². The van der Waals surface area contributed by atoms with Crippen LogP contribution in [-0.2, 0) is 4.79 Å². The molecular formula is C22H29N5O4. The van der Waals surface area contributed by atoms with Gasteiger partial charge in [0.05, 0.1) is 19.9 Å². The van der Waals surface area contributed by atoms with Crippen LogP contribution in [0.15, 0.2) is 24.3 Å². The highest BCUT2D eigenvalue weighted by Crippen LogP contribution is 2.40. The van der Waals surface area contributed by atoms with Crippen molar-refractivity contribution in [2.45, 2.75) is 51.4 Å². The molecule has 2 aliphatic rings. The maximum absolute atomic E-state index is 13.0. The molecule has 1 aromatic heterocycles. The summed E-state index contributed by atoms with van der Waals surface area (Å²) in [5.41, 5.74) is 1.35. The summed E-state index contributed by atoms with van der Waals surface area (Å²) in [6.45, 7) is 4.15. The lowest BCUT2D eigenvalue weighted by molar-refractivity contribution is -0.126. The summed E-state index contributed by atoms with van der Waals surface area (Å²) in [5.74, 6) is 1.91. The molecule has 1 saturated carbocycles. The molecule has 2 unspecified atom stereocenters. The molecule has 0 bridgehead atoms. The molecule has 1 aliphatic carbocycles. The van der Waals surface area contributed by atoms with Crippen LogP contribution in [-0.4, -0.2) is 41.9 Å². The van der Waals surface area contributed by atoms with Gasteiger partial charge >= 0.3 is 0 Å². The number of ether oxygens (including phenoxy) is 2. The Morgan fingerprint density at radius 1 is 1.19 bits per heavy atom. The second-order valence-corrected chi connectivity index (χ2v) is 8.39. The third kappa shape index (κ3) is 4.51. The van der Waals surface area contributed by atoms with Gasteiger partial charge in [0.1, 0.15) is 5.82 Å². The Labute approximate surface area is 181 Å². The number of anilines is 1. The van der Waals surface area contributed by atoms with Crippen LogP contribution >= 0.6 is 0 Å². The number of nitrogens with one attached hydrogen (secondary N) is 3. The number of rotatable bonds is 7. The highest BCUT2D eigenvalue weighted by atomic mass is 16.5. The number of hydrogen-bond acceptors (Lipinski definition) is 6. The first-order valence-electron chi connectivity index (χ1n) is 10.6. The predicted octanol–water partition coefficient (Wildman–Crippen LogP) is 2.62. The molecule has 0 spiro atoms. The normalized spacial score (nSPS) is 21.0. The van der Waals surface area contributed by atoms with Crippen molar-refractivity contribution in [2.24, 2.45) is 5.92 Å². The molecule has 31 heavy (non-hydrogen) atoms. The van der Waals surface area contributed by atoms with Crippen LogP contribution < -0.4 is 25.4 Å². The zero-order valence-electron chi connectivity index (χ0n) is 18.3. The van der Waals surface area contributed by atoms with Crippen molar-refractivity contribution >= 4 is 17.6 Å². The van der Waals surface area contributed by atoms with E-state index < -0.39 is 6.29 Å². The lowest BCUT2D eigenvalue weighted by Gasteiger charge is -2.34. The minimum absolute atomic E-state index is 0.0294. The summed E-state index contributed by atoms with van der Waals surface area (Å²) in [7, 11) is 3.07. The van der Waals surface area contributed by atoms with Crippen LogP contribution in [0.1, 0.15) is 61.4 Å². The monoisotopic (exact) mass is 427 g/mol. The molecule has 2 heterocycles. The average Bonchev–Trinajstić information content (AvgIpc) is 3.53. The molecule has 1 aliphatic heterocycles. The number of nitrogens with zero attached hydrogens (tertiary/aromatic N) is 2. The van der Waals surface area contributed by atoms with E-state index in [4.69, 9.17) is 14.6 Å². The Bertz CT molecular complexity index is 982. The lowest BCUT2D eigenvalue weighted by atomic mass is 9.99. The number of aromatic nitrogens is 2. The molecule has 166 valence electrons. The Hall–Kier alpha value is -3.07. The molecular weight excluding hydrogens is 398 g/mol. The van der Waals surface area contributed by atoms with E-state index in [1.807, 2.05) is 6.07 Å². The van der Waals surface area contributed by atoms with Gasteiger partial charge in [-0.3, -0.25) is 14.9 Å². The first kappa shape index (κ1) is 21.2. The summed E-state index contributed by atoms with van der Waals surface area (Å²) in [4.78, 5) is 25.3. The maximum atomic E-state index is 13.0. The van der Waals surface area contributed by atoms with Crippen LogP contribution in [0.5, 0.6) is 11.5 Å². The number of benzene rings is 1. The summed E-state index contributed by atoms with van der Waals surface area (Å²) < 4.78 is 12.2. The van der Waals surface area contributed by atoms with Gasteiger partial charge in [0.15, 0.2) is 17.8 Å². The Kier molecular flexibility index (Phi) is 5.86. The largest absolute Gasteiger partial charge is 0.493 e. The summed E-state index contributed by atoms with van der Waals surface area (Å²) in [6, 6.07) is 6.92. The van der Waals surface area contributed by atoms with Gasteiger partial charge in [0.2, 0.25) is 5.91 Å². The third-order valence-corrected chi connectivity index (χ3v) is 5.76. The van der Waals surface area contributed by atoms with Crippen molar-refractivity contribution in [1.29, 1.82) is 0 Å². The average molecular weight is 428 g/mol. The van der Waals surface area contributed by atoms with Gasteiger partial charge in [-0.25, -0.2) is 4.68 Å². The van der Waals surface area contributed by atoms with E-state index in [-0.39, 0.29) is 23.8 Å². The molecule has 2 fully saturated rings. The fraction of sp³-hybridized carbons (Fsp3) is 0.500. The molecule has 1 saturated heterocycles. The zero-order valence-corrected chi connectivity index (χ0v) is 18.3. The Morgan fingerprint density at radius 3 is 2.58 bits per heavy atom. The van der Waals surface area contributed by atoms with E-state index in [1.54, 1.807) is 30.0 Å². The van der Waals surface area contributed by atoms with E-state index in [0.29, 0.717) is 35.2 Å². The fourth-order valence-electron chi connectivity index (χ4n) is 3.72. The van der Waals surface area contributed by atoms with Crippen molar-refractivity contribution in [3.05, 3.63) is 35.5 Å².